The monoisotopic (exact) mass is 273 g/mol. The maximum absolute atomic E-state index is 12.1. The van der Waals surface area contributed by atoms with Crippen molar-refractivity contribution in [1.82, 2.24) is 10.2 Å². The van der Waals surface area contributed by atoms with Gasteiger partial charge in [-0.15, -0.1) is 0 Å². The van der Waals surface area contributed by atoms with Gasteiger partial charge in [0.2, 0.25) is 11.8 Å². The number of nitrogens with two attached hydrogens (primary N) is 1. The van der Waals surface area contributed by atoms with Crippen molar-refractivity contribution in [2.24, 2.45) is 17.6 Å². The van der Waals surface area contributed by atoms with Crippen LogP contribution in [0.25, 0.3) is 0 Å². The van der Waals surface area contributed by atoms with Gasteiger partial charge >= 0.3 is 0 Å². The van der Waals surface area contributed by atoms with Gasteiger partial charge in [-0.3, -0.25) is 9.59 Å². The van der Waals surface area contributed by atoms with Crippen LogP contribution < -0.4 is 11.1 Å². The predicted molar refractivity (Wildman–Crippen MR) is 76.0 cm³/mol. The van der Waals surface area contributed by atoms with E-state index in [2.05, 4.69) is 5.32 Å². The Morgan fingerprint density at radius 1 is 1.28 bits per heavy atom. The van der Waals surface area contributed by atoms with Crippen LogP contribution in [0.3, 0.4) is 0 Å². The van der Waals surface area contributed by atoms with Crippen LogP contribution in [0.5, 0.6) is 0 Å². The molecule has 0 radical (unpaired) electrons. The molecule has 0 rings (SSSR count). The third-order valence-corrected chi connectivity index (χ3v) is 2.70. The molecule has 104 valence electrons. The largest absolute Gasteiger partial charge is 0.393 e. The van der Waals surface area contributed by atoms with Crippen molar-refractivity contribution in [3.63, 3.8) is 0 Å². The second-order valence-electron chi connectivity index (χ2n) is 5.04. The van der Waals surface area contributed by atoms with E-state index in [4.69, 9.17) is 18.0 Å². The van der Waals surface area contributed by atoms with E-state index in [1.807, 2.05) is 27.7 Å². The van der Waals surface area contributed by atoms with E-state index in [0.717, 1.165) is 0 Å². The Bertz CT molecular complexity index is 329. The number of rotatable bonds is 6. The number of likely N-dealkylation sites (N-methyl/N-ethyl adjacent to an activating group) is 1. The van der Waals surface area contributed by atoms with Crippen LogP contribution in [-0.2, 0) is 9.59 Å². The third kappa shape index (κ3) is 5.44. The molecule has 3 N–H and O–H groups in total. The summed E-state index contributed by atoms with van der Waals surface area (Å²) in [5.41, 5.74) is 5.57. The molecule has 2 amide bonds. The summed E-state index contributed by atoms with van der Waals surface area (Å²) in [4.78, 5) is 25.2. The van der Waals surface area contributed by atoms with Gasteiger partial charge in [-0.2, -0.15) is 0 Å². The number of amides is 2. The first-order chi connectivity index (χ1) is 8.16. The summed E-state index contributed by atoms with van der Waals surface area (Å²) < 4.78 is 0. The summed E-state index contributed by atoms with van der Waals surface area (Å²) in [6.45, 7) is 7.51. The fourth-order valence-electron chi connectivity index (χ4n) is 1.63. The van der Waals surface area contributed by atoms with Gasteiger partial charge in [-0.1, -0.05) is 26.1 Å². The van der Waals surface area contributed by atoms with Gasteiger partial charge in [0.05, 0.1) is 17.5 Å². The molecule has 0 spiro atoms. The maximum Gasteiger partial charge on any atom is 0.239 e. The second-order valence-corrected chi connectivity index (χ2v) is 5.51. The molecule has 0 aliphatic rings. The molecule has 6 heteroatoms. The Morgan fingerprint density at radius 2 is 1.78 bits per heavy atom. The minimum absolute atomic E-state index is 0.0167. The number of hydrogen-bond acceptors (Lipinski definition) is 3. The van der Waals surface area contributed by atoms with Crippen LogP contribution in [0.4, 0.5) is 0 Å². The highest BCUT2D eigenvalue weighted by molar-refractivity contribution is 7.80. The number of hydrogen-bond donors (Lipinski definition) is 2. The minimum atomic E-state index is -0.517. The average Bonchev–Trinajstić information content (AvgIpc) is 2.14. The average molecular weight is 273 g/mol. The van der Waals surface area contributed by atoms with Crippen LogP contribution in [0.1, 0.15) is 27.7 Å². The van der Waals surface area contributed by atoms with E-state index in [0.29, 0.717) is 0 Å². The third-order valence-electron chi connectivity index (χ3n) is 2.45. The number of thiocarbonyl (C=S) groups is 1. The summed E-state index contributed by atoms with van der Waals surface area (Å²) in [5.74, 6) is -0.898. The smallest absolute Gasteiger partial charge is 0.239 e. The highest BCUT2D eigenvalue weighted by Crippen LogP contribution is 2.14. The molecule has 0 aromatic carbocycles. The molecule has 0 heterocycles. The topological polar surface area (TPSA) is 75.4 Å². The second kappa shape index (κ2) is 7.31. The molecule has 0 aromatic rings. The van der Waals surface area contributed by atoms with Gasteiger partial charge < -0.3 is 16.0 Å². The van der Waals surface area contributed by atoms with Crippen LogP contribution in [0.2, 0.25) is 0 Å². The van der Waals surface area contributed by atoms with E-state index in [-0.39, 0.29) is 35.3 Å². The van der Waals surface area contributed by atoms with E-state index < -0.39 is 5.92 Å². The molecule has 0 aromatic heterocycles. The first kappa shape index (κ1) is 16.8. The van der Waals surface area contributed by atoms with Gasteiger partial charge in [0.15, 0.2) is 0 Å². The van der Waals surface area contributed by atoms with Gasteiger partial charge in [0, 0.05) is 13.1 Å². The predicted octanol–water partition coefficient (Wildman–Crippen LogP) is 0.528. The first-order valence-electron chi connectivity index (χ1n) is 6.00. The van der Waals surface area contributed by atoms with Crippen molar-refractivity contribution in [2.45, 2.75) is 33.7 Å². The standard InChI is InChI=1S/C12H23N3O2S/c1-7(2)10(11(13)18)12(17)15(5)6-9(16)14-8(3)4/h7-8,10H,6H2,1-5H3,(H2,13,18)(H,14,16). The summed E-state index contributed by atoms with van der Waals surface area (Å²) in [6, 6.07) is 0.0532. The molecule has 0 aliphatic carbocycles. The summed E-state index contributed by atoms with van der Waals surface area (Å²) >= 11 is 4.90. The Morgan fingerprint density at radius 3 is 2.11 bits per heavy atom. The first-order valence-corrected chi connectivity index (χ1v) is 6.41. The molecule has 1 atom stereocenters. The fourth-order valence-corrected chi connectivity index (χ4v) is 2.01. The zero-order valence-corrected chi connectivity index (χ0v) is 12.5. The van der Waals surface area contributed by atoms with Crippen molar-refractivity contribution in [3.05, 3.63) is 0 Å². The molecule has 5 nitrogen and oxygen atoms in total. The Labute approximate surface area is 114 Å². The number of nitrogens with one attached hydrogen (secondary N) is 1. The van der Waals surface area contributed by atoms with Gasteiger partial charge in [0.25, 0.3) is 0 Å². The maximum atomic E-state index is 12.1. The summed E-state index contributed by atoms with van der Waals surface area (Å²) in [7, 11) is 1.58. The van der Waals surface area contributed by atoms with Crippen molar-refractivity contribution in [3.8, 4) is 0 Å². The summed E-state index contributed by atoms with van der Waals surface area (Å²) in [6.07, 6.45) is 0. The molecule has 0 saturated carbocycles. The fraction of sp³-hybridized carbons (Fsp3) is 0.750. The lowest BCUT2D eigenvalue weighted by molar-refractivity contribution is -0.137. The Balaban J connectivity index is 4.58. The minimum Gasteiger partial charge on any atom is -0.393 e. The normalized spacial score (nSPS) is 12.4. The zero-order valence-electron chi connectivity index (χ0n) is 11.7. The van der Waals surface area contributed by atoms with Crippen molar-refractivity contribution >= 4 is 29.0 Å². The number of carbonyl (C=O) groups is 2. The molecule has 0 aliphatic heterocycles. The SMILES string of the molecule is CC(C)NC(=O)CN(C)C(=O)C(C(N)=S)C(C)C. The molecular formula is C12H23N3O2S. The molecule has 0 saturated heterocycles. The van der Waals surface area contributed by atoms with Gasteiger partial charge in [-0.05, 0) is 19.8 Å². The van der Waals surface area contributed by atoms with Crippen molar-refractivity contribution in [1.29, 1.82) is 0 Å². The lowest BCUT2D eigenvalue weighted by Crippen LogP contribution is -2.46. The van der Waals surface area contributed by atoms with Crippen LogP contribution >= 0.6 is 12.2 Å². The highest BCUT2D eigenvalue weighted by atomic mass is 32.1. The van der Waals surface area contributed by atoms with Gasteiger partial charge in [0.1, 0.15) is 0 Å². The molecular weight excluding hydrogens is 250 g/mol. The van der Waals surface area contributed by atoms with Crippen LogP contribution in [0, 0.1) is 11.8 Å². The number of carbonyl (C=O) groups excluding carboxylic acids is 2. The highest BCUT2D eigenvalue weighted by Gasteiger charge is 2.28. The quantitative estimate of drug-likeness (QED) is 0.692. The number of nitrogens with zero attached hydrogens (tertiary/aromatic N) is 1. The Hall–Kier alpha value is -1.17. The van der Waals surface area contributed by atoms with Crippen LogP contribution in [-0.4, -0.2) is 41.3 Å². The summed E-state index contributed by atoms with van der Waals surface area (Å²) in [5, 5.41) is 2.73. The van der Waals surface area contributed by atoms with E-state index in [1.165, 1.54) is 4.90 Å². The molecule has 18 heavy (non-hydrogen) atoms. The lowest BCUT2D eigenvalue weighted by atomic mass is 9.94. The van der Waals surface area contributed by atoms with Gasteiger partial charge in [-0.25, -0.2) is 0 Å². The molecule has 0 fully saturated rings. The van der Waals surface area contributed by atoms with E-state index in [1.54, 1.807) is 7.05 Å². The lowest BCUT2D eigenvalue weighted by Gasteiger charge is -2.25. The van der Waals surface area contributed by atoms with E-state index >= 15 is 0 Å². The van der Waals surface area contributed by atoms with Crippen LogP contribution in [0.15, 0.2) is 0 Å². The van der Waals surface area contributed by atoms with Crippen molar-refractivity contribution in [2.75, 3.05) is 13.6 Å². The Kier molecular flexibility index (Phi) is 6.83. The van der Waals surface area contributed by atoms with E-state index in [9.17, 15) is 9.59 Å². The molecule has 1 unspecified atom stereocenters. The van der Waals surface area contributed by atoms with Crippen molar-refractivity contribution < 1.29 is 9.59 Å². The molecule has 0 bridgehead atoms. The zero-order chi connectivity index (χ0) is 14.5.